The number of allylic oxidation sites excluding steroid dienone is 1. The van der Waals surface area contributed by atoms with E-state index in [0.29, 0.717) is 17.9 Å². The first kappa shape index (κ1) is 21.3. The van der Waals surface area contributed by atoms with Crippen molar-refractivity contribution in [3.05, 3.63) is 35.4 Å². The van der Waals surface area contributed by atoms with Crippen LogP contribution in [-0.2, 0) is 19.7 Å². The lowest BCUT2D eigenvalue weighted by Gasteiger charge is -2.21. The predicted molar refractivity (Wildman–Crippen MR) is 110 cm³/mol. The summed E-state index contributed by atoms with van der Waals surface area (Å²) < 4.78 is 56.0. The number of hydrogen-bond acceptors (Lipinski definition) is 6. The van der Waals surface area contributed by atoms with Gasteiger partial charge in [-0.25, -0.2) is 16.8 Å². The molecule has 3 rings (SSSR count). The number of benzene rings is 1. The van der Waals surface area contributed by atoms with E-state index in [1.165, 1.54) is 31.6 Å². The third kappa shape index (κ3) is 4.78. The highest BCUT2D eigenvalue weighted by Crippen LogP contribution is 2.29. The van der Waals surface area contributed by atoms with Gasteiger partial charge in [0.05, 0.1) is 28.8 Å². The summed E-state index contributed by atoms with van der Waals surface area (Å²) in [6, 6.07) is 4.09. The molecule has 0 amide bonds. The Balaban J connectivity index is 1.76. The molecule has 1 N–H and O–H groups in total. The molecule has 8 heteroatoms. The highest BCUT2D eigenvalue weighted by Gasteiger charge is 2.45. The lowest BCUT2D eigenvalue weighted by atomic mass is 9.97. The lowest BCUT2D eigenvalue weighted by molar-refractivity contribution is 0.411. The van der Waals surface area contributed by atoms with Crippen LogP contribution in [0.2, 0.25) is 0 Å². The molecule has 0 bridgehead atoms. The normalized spacial score (nSPS) is 24.7. The van der Waals surface area contributed by atoms with Crippen LogP contribution < -0.4 is 10.1 Å². The molecule has 2 atom stereocenters. The number of sulfone groups is 2. The average molecular weight is 428 g/mol. The Labute approximate surface area is 168 Å². The molecule has 0 unspecified atom stereocenters. The van der Waals surface area contributed by atoms with Crippen molar-refractivity contribution in [2.45, 2.75) is 55.2 Å². The molecule has 2 aliphatic rings. The second-order valence-electron chi connectivity index (χ2n) is 7.71. The van der Waals surface area contributed by atoms with Crippen molar-refractivity contribution in [1.29, 1.82) is 0 Å². The fourth-order valence-corrected chi connectivity index (χ4v) is 8.86. The van der Waals surface area contributed by atoms with Gasteiger partial charge in [0.25, 0.3) is 0 Å². The Hall–Kier alpha value is -1.38. The van der Waals surface area contributed by atoms with Gasteiger partial charge in [0.15, 0.2) is 19.7 Å². The summed E-state index contributed by atoms with van der Waals surface area (Å²) in [4.78, 5) is 0.148. The average Bonchev–Trinajstić information content (AvgIpc) is 2.98. The van der Waals surface area contributed by atoms with Crippen molar-refractivity contribution in [2.24, 2.45) is 0 Å². The van der Waals surface area contributed by atoms with Gasteiger partial charge in [0.1, 0.15) is 5.75 Å². The Morgan fingerprint density at radius 1 is 1.21 bits per heavy atom. The summed E-state index contributed by atoms with van der Waals surface area (Å²) in [5, 5.41) is 2.26. The fourth-order valence-electron chi connectivity index (χ4n) is 4.06. The number of rotatable bonds is 7. The first-order valence-corrected chi connectivity index (χ1v) is 13.1. The molecule has 1 aliphatic heterocycles. The first-order valence-electron chi connectivity index (χ1n) is 9.73. The van der Waals surface area contributed by atoms with Crippen molar-refractivity contribution in [3.8, 4) is 5.75 Å². The second kappa shape index (κ2) is 8.55. The maximum Gasteiger partial charge on any atom is 0.183 e. The number of hydrogen-bond donors (Lipinski definition) is 1. The van der Waals surface area contributed by atoms with Crippen LogP contribution in [-0.4, -0.2) is 53.3 Å². The van der Waals surface area contributed by atoms with Gasteiger partial charge in [-0.3, -0.25) is 0 Å². The zero-order valence-electron chi connectivity index (χ0n) is 16.5. The van der Waals surface area contributed by atoms with Crippen LogP contribution in [0, 0.1) is 6.92 Å². The quantitative estimate of drug-likeness (QED) is 0.672. The van der Waals surface area contributed by atoms with Gasteiger partial charge in [-0.2, -0.15) is 0 Å². The Morgan fingerprint density at radius 2 is 2.00 bits per heavy atom. The molecule has 156 valence electrons. The smallest absolute Gasteiger partial charge is 0.183 e. The van der Waals surface area contributed by atoms with E-state index in [2.05, 4.69) is 11.4 Å². The summed E-state index contributed by atoms with van der Waals surface area (Å²) in [5.74, 6) is 0.139. The Bertz CT molecular complexity index is 951. The molecule has 28 heavy (non-hydrogen) atoms. The molecule has 0 radical (unpaired) electrons. The van der Waals surface area contributed by atoms with E-state index < -0.39 is 31.0 Å². The van der Waals surface area contributed by atoms with Crippen LogP contribution in [0.4, 0.5) is 0 Å². The van der Waals surface area contributed by atoms with E-state index in [1.807, 2.05) is 0 Å². The van der Waals surface area contributed by atoms with Gasteiger partial charge < -0.3 is 10.1 Å². The van der Waals surface area contributed by atoms with E-state index in [4.69, 9.17) is 4.74 Å². The van der Waals surface area contributed by atoms with Gasteiger partial charge in [-0.05, 0) is 69.3 Å². The molecule has 1 aromatic carbocycles. The minimum atomic E-state index is -3.77. The zero-order valence-corrected chi connectivity index (χ0v) is 18.1. The van der Waals surface area contributed by atoms with Gasteiger partial charge in [-0.1, -0.05) is 11.6 Å². The molecular formula is C20H29NO5S2. The summed E-state index contributed by atoms with van der Waals surface area (Å²) in [5.41, 5.74) is 2.09. The van der Waals surface area contributed by atoms with Gasteiger partial charge in [0, 0.05) is 6.04 Å². The topological polar surface area (TPSA) is 89.5 Å². The number of aryl methyl sites for hydroxylation is 1. The summed E-state index contributed by atoms with van der Waals surface area (Å²) in [7, 11) is -5.64. The number of ether oxygens (including phenoxy) is 1. The van der Waals surface area contributed by atoms with E-state index in [0.717, 1.165) is 19.3 Å². The fraction of sp³-hybridized carbons (Fsp3) is 0.600. The van der Waals surface area contributed by atoms with E-state index in [1.54, 1.807) is 19.1 Å². The zero-order chi connectivity index (χ0) is 20.4. The third-order valence-corrected chi connectivity index (χ3v) is 9.78. The van der Waals surface area contributed by atoms with Crippen molar-refractivity contribution in [2.75, 3.05) is 25.2 Å². The SMILES string of the molecule is COc1ccc(S(=O)(=O)[C@@H]2CS(=O)(=O)C[C@@H]2NCCC2=CCCCC2)cc1C. The summed E-state index contributed by atoms with van der Waals surface area (Å²) in [6.45, 7) is 2.37. The molecule has 1 aliphatic carbocycles. The standard InChI is InChI=1S/C20H29NO5S2/c1-15-12-17(8-9-19(15)26-2)28(24,25)20-14-27(22,23)13-18(20)21-11-10-16-6-4-3-5-7-16/h6,8-9,12,18,20-21H,3-5,7,10-11,13-14H2,1-2H3/t18-,20+/m0/s1. The molecule has 1 fully saturated rings. The Kier molecular flexibility index (Phi) is 6.51. The van der Waals surface area contributed by atoms with Gasteiger partial charge in [-0.15, -0.1) is 0 Å². The summed E-state index contributed by atoms with van der Waals surface area (Å²) in [6.07, 6.45) is 7.69. The lowest BCUT2D eigenvalue weighted by Crippen LogP contribution is -2.43. The van der Waals surface area contributed by atoms with Crippen molar-refractivity contribution in [3.63, 3.8) is 0 Å². The van der Waals surface area contributed by atoms with Crippen molar-refractivity contribution >= 4 is 19.7 Å². The molecular weight excluding hydrogens is 398 g/mol. The van der Waals surface area contributed by atoms with Crippen LogP contribution in [0.1, 0.15) is 37.7 Å². The third-order valence-electron chi connectivity index (χ3n) is 5.63. The summed E-state index contributed by atoms with van der Waals surface area (Å²) >= 11 is 0. The molecule has 0 spiro atoms. The largest absolute Gasteiger partial charge is 0.496 e. The van der Waals surface area contributed by atoms with E-state index in [-0.39, 0.29) is 16.4 Å². The molecule has 1 aromatic rings. The minimum Gasteiger partial charge on any atom is -0.496 e. The van der Waals surface area contributed by atoms with Crippen LogP contribution in [0.15, 0.2) is 34.7 Å². The van der Waals surface area contributed by atoms with Crippen molar-refractivity contribution < 1.29 is 21.6 Å². The van der Waals surface area contributed by atoms with Crippen LogP contribution >= 0.6 is 0 Å². The first-order chi connectivity index (χ1) is 13.2. The van der Waals surface area contributed by atoms with Gasteiger partial charge in [0.2, 0.25) is 0 Å². The van der Waals surface area contributed by atoms with E-state index >= 15 is 0 Å². The van der Waals surface area contributed by atoms with Crippen LogP contribution in [0.3, 0.4) is 0 Å². The second-order valence-corrected chi connectivity index (χ2v) is 12.0. The molecule has 0 saturated carbocycles. The van der Waals surface area contributed by atoms with Crippen molar-refractivity contribution in [1.82, 2.24) is 5.32 Å². The number of nitrogens with one attached hydrogen (secondary N) is 1. The van der Waals surface area contributed by atoms with Gasteiger partial charge >= 0.3 is 0 Å². The van der Waals surface area contributed by atoms with Crippen LogP contribution in [0.25, 0.3) is 0 Å². The predicted octanol–water partition coefficient (Wildman–Crippen LogP) is 2.42. The Morgan fingerprint density at radius 3 is 2.64 bits per heavy atom. The highest BCUT2D eigenvalue weighted by atomic mass is 32.2. The maximum absolute atomic E-state index is 13.2. The molecule has 1 saturated heterocycles. The highest BCUT2D eigenvalue weighted by molar-refractivity contribution is 7.96. The van der Waals surface area contributed by atoms with E-state index in [9.17, 15) is 16.8 Å². The molecule has 1 heterocycles. The molecule has 6 nitrogen and oxygen atoms in total. The number of methoxy groups -OCH3 is 1. The van der Waals surface area contributed by atoms with Crippen LogP contribution in [0.5, 0.6) is 5.75 Å². The monoisotopic (exact) mass is 427 g/mol. The maximum atomic E-state index is 13.2. The molecule has 0 aromatic heterocycles. The minimum absolute atomic E-state index is 0.134.